The molecular formula is C24H17NO4. The van der Waals surface area contributed by atoms with Crippen molar-refractivity contribution in [2.24, 2.45) is 0 Å². The van der Waals surface area contributed by atoms with Crippen LogP contribution in [0.2, 0.25) is 0 Å². The number of fused-ring (bicyclic) bond motifs is 1. The molecule has 1 aromatic heterocycles. The van der Waals surface area contributed by atoms with Crippen molar-refractivity contribution in [3.05, 3.63) is 90.1 Å². The Morgan fingerprint density at radius 1 is 0.966 bits per heavy atom. The topological polar surface area (TPSA) is 65.5 Å². The van der Waals surface area contributed by atoms with E-state index in [1.54, 1.807) is 60.8 Å². The Kier molecular flexibility index (Phi) is 5.03. The number of carbonyl (C=O) groups is 2. The Hall–Kier alpha value is -3.99. The number of pyridine rings is 1. The van der Waals surface area contributed by atoms with Crippen LogP contribution >= 0.6 is 0 Å². The fourth-order valence-corrected chi connectivity index (χ4v) is 3.22. The van der Waals surface area contributed by atoms with Gasteiger partial charge in [-0.1, -0.05) is 42.5 Å². The van der Waals surface area contributed by atoms with E-state index in [0.717, 1.165) is 17.4 Å². The number of hydrogen-bond acceptors (Lipinski definition) is 5. The van der Waals surface area contributed by atoms with Crippen LogP contribution < -0.4 is 9.47 Å². The molecule has 5 heteroatoms. The number of hydrogen-bond donors (Lipinski definition) is 0. The van der Waals surface area contributed by atoms with Crippen molar-refractivity contribution >= 4 is 23.0 Å². The Balaban J connectivity index is 1.90. The molecule has 0 atom stereocenters. The molecule has 0 aliphatic heterocycles. The molecule has 0 amide bonds. The predicted molar refractivity (Wildman–Crippen MR) is 111 cm³/mol. The van der Waals surface area contributed by atoms with Crippen LogP contribution in [0.25, 0.3) is 21.9 Å². The smallest absolute Gasteiger partial charge is 0.343 e. The summed E-state index contributed by atoms with van der Waals surface area (Å²) in [5.74, 6) is 0.359. The van der Waals surface area contributed by atoms with Crippen LogP contribution in [-0.2, 0) is 0 Å². The fraction of sp³-hybridized carbons (Fsp3) is 0.0417. The summed E-state index contributed by atoms with van der Waals surface area (Å²) in [5, 5.41) is 1.39. The number of esters is 1. The predicted octanol–water partition coefficient (Wildman–Crippen LogP) is 4.94. The molecule has 0 aliphatic carbocycles. The molecule has 142 valence electrons. The average Bonchev–Trinajstić information content (AvgIpc) is 2.79. The molecule has 5 nitrogen and oxygen atoms in total. The summed E-state index contributed by atoms with van der Waals surface area (Å²) in [6, 6.07) is 21.3. The first-order valence-electron chi connectivity index (χ1n) is 9.00. The van der Waals surface area contributed by atoms with E-state index in [2.05, 4.69) is 4.98 Å². The molecule has 0 fully saturated rings. The van der Waals surface area contributed by atoms with Gasteiger partial charge in [-0.2, -0.15) is 0 Å². The standard InChI is InChI=1S/C24H17NO4/c1-28-23-19-11-6-12-21(29-24(27)17-8-3-2-4-9-17)22(19)20(14-25-23)18-10-5-7-16(13-18)15-26/h2-15H,1H3. The van der Waals surface area contributed by atoms with Gasteiger partial charge in [-0.3, -0.25) is 4.79 Å². The van der Waals surface area contributed by atoms with E-state index >= 15 is 0 Å². The summed E-state index contributed by atoms with van der Waals surface area (Å²) in [6.45, 7) is 0. The van der Waals surface area contributed by atoms with Crippen LogP contribution in [0, 0.1) is 0 Å². The maximum Gasteiger partial charge on any atom is 0.343 e. The molecule has 0 radical (unpaired) electrons. The molecule has 3 aromatic carbocycles. The van der Waals surface area contributed by atoms with Crippen molar-refractivity contribution in [3.8, 4) is 22.8 Å². The van der Waals surface area contributed by atoms with Gasteiger partial charge in [-0.05, 0) is 35.9 Å². The van der Waals surface area contributed by atoms with Gasteiger partial charge in [-0.25, -0.2) is 9.78 Å². The molecule has 0 spiro atoms. The number of rotatable bonds is 5. The molecule has 0 N–H and O–H groups in total. The normalized spacial score (nSPS) is 10.5. The maximum absolute atomic E-state index is 12.6. The van der Waals surface area contributed by atoms with E-state index in [9.17, 15) is 9.59 Å². The Bertz CT molecular complexity index is 1200. The van der Waals surface area contributed by atoms with E-state index in [0.29, 0.717) is 33.5 Å². The lowest BCUT2D eigenvalue weighted by molar-refractivity contribution is 0.0737. The van der Waals surface area contributed by atoms with Crippen LogP contribution in [0.15, 0.2) is 79.0 Å². The minimum atomic E-state index is -0.457. The third-order valence-electron chi connectivity index (χ3n) is 4.58. The van der Waals surface area contributed by atoms with Gasteiger partial charge in [0.2, 0.25) is 5.88 Å². The van der Waals surface area contributed by atoms with Crippen LogP contribution in [0.1, 0.15) is 20.7 Å². The lowest BCUT2D eigenvalue weighted by Gasteiger charge is -2.14. The highest BCUT2D eigenvalue weighted by atomic mass is 16.5. The molecule has 4 aromatic rings. The van der Waals surface area contributed by atoms with E-state index in [-0.39, 0.29) is 0 Å². The summed E-state index contributed by atoms with van der Waals surface area (Å²) in [6.07, 6.45) is 2.45. The van der Waals surface area contributed by atoms with Crippen molar-refractivity contribution < 1.29 is 19.1 Å². The zero-order valence-corrected chi connectivity index (χ0v) is 15.7. The second kappa shape index (κ2) is 7.94. The Morgan fingerprint density at radius 3 is 2.52 bits per heavy atom. The SMILES string of the molecule is COc1ncc(-c2cccc(C=O)c2)c2c(OC(=O)c3ccccc3)cccc12. The van der Waals surface area contributed by atoms with Gasteiger partial charge in [0.1, 0.15) is 12.0 Å². The minimum Gasteiger partial charge on any atom is -0.481 e. The van der Waals surface area contributed by atoms with Gasteiger partial charge < -0.3 is 9.47 Å². The number of aldehydes is 1. The number of ether oxygens (including phenoxy) is 2. The summed E-state index contributed by atoms with van der Waals surface area (Å²) in [7, 11) is 1.54. The van der Waals surface area contributed by atoms with Crippen molar-refractivity contribution in [2.45, 2.75) is 0 Å². The summed E-state index contributed by atoms with van der Waals surface area (Å²) < 4.78 is 11.1. The second-order valence-electron chi connectivity index (χ2n) is 6.36. The molecule has 0 saturated carbocycles. The Morgan fingerprint density at radius 2 is 1.76 bits per heavy atom. The zero-order valence-electron chi connectivity index (χ0n) is 15.7. The van der Waals surface area contributed by atoms with Gasteiger partial charge in [-0.15, -0.1) is 0 Å². The number of methoxy groups -OCH3 is 1. The molecular weight excluding hydrogens is 366 g/mol. The van der Waals surface area contributed by atoms with Crippen LogP contribution in [0.3, 0.4) is 0 Å². The minimum absolute atomic E-state index is 0.392. The summed E-state index contributed by atoms with van der Waals surface area (Å²) >= 11 is 0. The van der Waals surface area contributed by atoms with Gasteiger partial charge >= 0.3 is 5.97 Å². The molecule has 0 aliphatic rings. The van der Waals surface area contributed by atoms with E-state index in [1.165, 1.54) is 7.11 Å². The van der Waals surface area contributed by atoms with Gasteiger partial charge in [0, 0.05) is 28.1 Å². The molecule has 4 rings (SSSR count). The van der Waals surface area contributed by atoms with Gasteiger partial charge in [0.25, 0.3) is 0 Å². The lowest BCUT2D eigenvalue weighted by atomic mass is 9.98. The third kappa shape index (κ3) is 3.58. The molecule has 0 unspecified atom stereocenters. The maximum atomic E-state index is 12.6. The second-order valence-corrected chi connectivity index (χ2v) is 6.36. The third-order valence-corrected chi connectivity index (χ3v) is 4.58. The highest BCUT2D eigenvalue weighted by Gasteiger charge is 2.17. The molecule has 29 heavy (non-hydrogen) atoms. The lowest BCUT2D eigenvalue weighted by Crippen LogP contribution is -2.08. The fourth-order valence-electron chi connectivity index (χ4n) is 3.22. The van der Waals surface area contributed by atoms with Gasteiger partial charge in [0.15, 0.2) is 0 Å². The summed E-state index contributed by atoms with van der Waals surface area (Å²) in [4.78, 5) is 28.2. The van der Waals surface area contributed by atoms with Crippen LogP contribution in [0.4, 0.5) is 0 Å². The van der Waals surface area contributed by atoms with Crippen LogP contribution in [0.5, 0.6) is 11.6 Å². The number of benzene rings is 3. The monoisotopic (exact) mass is 383 g/mol. The average molecular weight is 383 g/mol. The first-order valence-corrected chi connectivity index (χ1v) is 9.00. The van der Waals surface area contributed by atoms with Crippen molar-refractivity contribution in [1.29, 1.82) is 0 Å². The molecule has 1 heterocycles. The van der Waals surface area contributed by atoms with Gasteiger partial charge in [0.05, 0.1) is 12.7 Å². The highest BCUT2D eigenvalue weighted by molar-refractivity contribution is 6.05. The van der Waals surface area contributed by atoms with Crippen molar-refractivity contribution in [2.75, 3.05) is 7.11 Å². The van der Waals surface area contributed by atoms with E-state index < -0.39 is 5.97 Å². The van der Waals surface area contributed by atoms with Crippen molar-refractivity contribution in [3.63, 3.8) is 0 Å². The quantitative estimate of drug-likeness (QED) is 0.277. The molecule has 0 bridgehead atoms. The van der Waals surface area contributed by atoms with E-state index in [4.69, 9.17) is 9.47 Å². The first kappa shape index (κ1) is 18.4. The zero-order chi connectivity index (χ0) is 20.2. The summed E-state index contributed by atoms with van der Waals surface area (Å²) in [5.41, 5.74) is 2.53. The first-order chi connectivity index (χ1) is 14.2. The highest BCUT2D eigenvalue weighted by Crippen LogP contribution is 2.39. The van der Waals surface area contributed by atoms with Crippen LogP contribution in [-0.4, -0.2) is 24.3 Å². The van der Waals surface area contributed by atoms with E-state index in [1.807, 2.05) is 18.2 Å². The molecule has 0 saturated heterocycles. The largest absolute Gasteiger partial charge is 0.481 e. The number of carbonyl (C=O) groups excluding carboxylic acids is 2. The number of nitrogens with zero attached hydrogens (tertiary/aromatic N) is 1. The number of aromatic nitrogens is 1. The Labute approximate surface area is 167 Å². The van der Waals surface area contributed by atoms with Crippen molar-refractivity contribution in [1.82, 2.24) is 4.98 Å².